The number of allylic oxidation sites excluding steroid dienone is 1. The van der Waals surface area contributed by atoms with Crippen molar-refractivity contribution in [1.29, 1.82) is 0 Å². The molecular formula is C25H24N2O4S. The van der Waals surface area contributed by atoms with E-state index in [-0.39, 0.29) is 19.6 Å². The molecule has 2 aromatic carbocycles. The second-order valence-electron chi connectivity index (χ2n) is 8.39. The van der Waals surface area contributed by atoms with Crippen LogP contribution < -0.4 is 29.6 Å². The van der Waals surface area contributed by atoms with E-state index in [9.17, 15) is 0 Å². The van der Waals surface area contributed by atoms with Gasteiger partial charge in [-0.1, -0.05) is 18.6 Å². The molecule has 2 aromatic rings. The maximum atomic E-state index is 5.63. The highest BCUT2D eigenvalue weighted by Gasteiger charge is 2.30. The van der Waals surface area contributed by atoms with Crippen molar-refractivity contribution in [3.8, 4) is 23.0 Å². The summed E-state index contributed by atoms with van der Waals surface area (Å²) < 4.78 is 22.2. The molecule has 0 bridgehead atoms. The number of hydrogen-bond donors (Lipinski definition) is 2. The number of ether oxygens (including phenoxy) is 4. The average molecular weight is 449 g/mol. The standard InChI is InChI=1S/C25H24N2O4S/c32-25-26-23-16(10-15-6-8-19-21(11-15)30-13-28-19)4-2-1-3-5-18(23)24(27-25)17-7-9-20-22(12-17)31-14-29-20/h6-12,24H,1-5,13-14H2,(H2,26,27,32)/b16-10+/t24-/m0/s1. The number of nitrogens with one attached hydrogen (secondary N) is 2. The van der Waals surface area contributed by atoms with Gasteiger partial charge >= 0.3 is 0 Å². The van der Waals surface area contributed by atoms with Crippen LogP contribution in [-0.2, 0) is 0 Å². The second-order valence-corrected chi connectivity index (χ2v) is 8.80. The molecule has 1 atom stereocenters. The van der Waals surface area contributed by atoms with Crippen LogP contribution in [0.5, 0.6) is 23.0 Å². The lowest BCUT2D eigenvalue weighted by molar-refractivity contribution is 0.173. The number of thiocarbonyl (C=S) groups is 1. The van der Waals surface area contributed by atoms with Gasteiger partial charge in [0.25, 0.3) is 0 Å². The average Bonchev–Trinajstić information content (AvgIpc) is 3.45. The summed E-state index contributed by atoms with van der Waals surface area (Å²) in [6.07, 6.45) is 7.77. The molecule has 0 fully saturated rings. The van der Waals surface area contributed by atoms with Gasteiger partial charge in [0.05, 0.1) is 6.04 Å². The molecule has 0 saturated carbocycles. The molecule has 0 aromatic heterocycles. The normalized spacial score (nSPS) is 22.7. The lowest BCUT2D eigenvalue weighted by atomic mass is 9.85. The summed E-state index contributed by atoms with van der Waals surface area (Å²) in [7, 11) is 0. The Labute approximate surface area is 192 Å². The Morgan fingerprint density at radius 1 is 0.812 bits per heavy atom. The summed E-state index contributed by atoms with van der Waals surface area (Å²) in [5.41, 5.74) is 5.99. The van der Waals surface area contributed by atoms with E-state index in [0.717, 1.165) is 65.5 Å². The molecule has 0 saturated heterocycles. The summed E-state index contributed by atoms with van der Waals surface area (Å²) in [5, 5.41) is 7.61. The zero-order chi connectivity index (χ0) is 21.5. The molecule has 164 valence electrons. The highest BCUT2D eigenvalue weighted by molar-refractivity contribution is 7.80. The van der Waals surface area contributed by atoms with Crippen LogP contribution >= 0.6 is 12.2 Å². The van der Waals surface area contributed by atoms with Crippen LogP contribution in [0.15, 0.2) is 53.2 Å². The van der Waals surface area contributed by atoms with Crippen LogP contribution in [0.4, 0.5) is 0 Å². The molecule has 1 aliphatic carbocycles. The zero-order valence-electron chi connectivity index (χ0n) is 17.6. The van der Waals surface area contributed by atoms with Gasteiger partial charge in [0.1, 0.15) is 0 Å². The van der Waals surface area contributed by atoms with Crippen molar-refractivity contribution >= 4 is 23.4 Å². The molecule has 6 nitrogen and oxygen atoms in total. The van der Waals surface area contributed by atoms with E-state index in [1.54, 1.807) is 0 Å². The molecule has 4 aliphatic rings. The minimum atomic E-state index is 0.00602. The van der Waals surface area contributed by atoms with Crippen molar-refractivity contribution in [2.24, 2.45) is 0 Å². The molecule has 3 aliphatic heterocycles. The van der Waals surface area contributed by atoms with Gasteiger partial charge in [-0.15, -0.1) is 0 Å². The number of benzene rings is 2. The lowest BCUT2D eigenvalue weighted by Crippen LogP contribution is -2.44. The van der Waals surface area contributed by atoms with Gasteiger partial charge in [-0.2, -0.15) is 0 Å². The summed E-state index contributed by atoms with van der Waals surface area (Å²) in [5.74, 6) is 3.18. The Bertz CT molecular complexity index is 1160. The lowest BCUT2D eigenvalue weighted by Gasteiger charge is -2.34. The van der Waals surface area contributed by atoms with Crippen molar-refractivity contribution in [2.75, 3.05) is 13.6 Å². The Morgan fingerprint density at radius 2 is 1.53 bits per heavy atom. The third-order valence-electron chi connectivity index (χ3n) is 6.36. The Balaban J connectivity index is 1.42. The Hall–Kier alpha value is -3.19. The minimum absolute atomic E-state index is 0.00602. The molecule has 7 heteroatoms. The van der Waals surface area contributed by atoms with Crippen LogP contribution in [0.3, 0.4) is 0 Å². The zero-order valence-corrected chi connectivity index (χ0v) is 18.4. The maximum absolute atomic E-state index is 5.63. The van der Waals surface area contributed by atoms with Gasteiger partial charge in [0.2, 0.25) is 13.6 Å². The maximum Gasteiger partial charge on any atom is 0.231 e. The minimum Gasteiger partial charge on any atom is -0.454 e. The molecular weight excluding hydrogens is 424 g/mol. The molecule has 0 radical (unpaired) electrons. The van der Waals surface area contributed by atoms with Gasteiger partial charge < -0.3 is 29.6 Å². The van der Waals surface area contributed by atoms with Gasteiger partial charge in [-0.3, -0.25) is 0 Å². The third kappa shape index (κ3) is 3.56. The highest BCUT2D eigenvalue weighted by atomic mass is 32.1. The SMILES string of the molecule is S=C1NC2=C(CCCCC/C2=C\c2ccc3c(c2)OCO3)[C@H](c2ccc3c(c2)OCO3)N1. The first-order chi connectivity index (χ1) is 15.7. The Morgan fingerprint density at radius 3 is 2.38 bits per heavy atom. The van der Waals surface area contributed by atoms with Crippen molar-refractivity contribution in [1.82, 2.24) is 10.6 Å². The van der Waals surface area contributed by atoms with Gasteiger partial charge in [-0.05, 0) is 90.5 Å². The van der Waals surface area contributed by atoms with E-state index in [4.69, 9.17) is 31.2 Å². The Kier molecular flexibility index (Phi) is 4.91. The molecule has 3 heterocycles. The van der Waals surface area contributed by atoms with Crippen molar-refractivity contribution in [3.05, 3.63) is 64.4 Å². The summed E-state index contributed by atoms with van der Waals surface area (Å²) in [4.78, 5) is 0. The van der Waals surface area contributed by atoms with Gasteiger partial charge in [-0.25, -0.2) is 0 Å². The van der Waals surface area contributed by atoms with Gasteiger partial charge in [0, 0.05) is 5.70 Å². The topological polar surface area (TPSA) is 61.0 Å². The third-order valence-corrected chi connectivity index (χ3v) is 6.58. The number of fused-ring (bicyclic) bond motifs is 2. The monoisotopic (exact) mass is 448 g/mol. The largest absolute Gasteiger partial charge is 0.454 e. The van der Waals surface area contributed by atoms with Crippen LogP contribution in [0.25, 0.3) is 6.08 Å². The highest BCUT2D eigenvalue weighted by Crippen LogP contribution is 2.41. The van der Waals surface area contributed by atoms with Crippen LogP contribution in [0.1, 0.15) is 49.3 Å². The molecule has 0 unspecified atom stereocenters. The van der Waals surface area contributed by atoms with Crippen molar-refractivity contribution in [2.45, 2.75) is 38.1 Å². The molecule has 32 heavy (non-hydrogen) atoms. The predicted octanol–water partition coefficient (Wildman–Crippen LogP) is 4.96. The smallest absolute Gasteiger partial charge is 0.231 e. The van der Waals surface area contributed by atoms with Crippen molar-refractivity contribution in [3.63, 3.8) is 0 Å². The van der Waals surface area contributed by atoms with Crippen LogP contribution in [0, 0.1) is 0 Å². The van der Waals surface area contributed by atoms with E-state index in [1.165, 1.54) is 17.6 Å². The summed E-state index contributed by atoms with van der Waals surface area (Å²) in [6.45, 7) is 0.552. The van der Waals surface area contributed by atoms with E-state index >= 15 is 0 Å². The van der Waals surface area contributed by atoms with Crippen LogP contribution in [-0.4, -0.2) is 18.7 Å². The first-order valence-corrected chi connectivity index (χ1v) is 11.5. The fourth-order valence-electron chi connectivity index (χ4n) is 4.81. The quantitative estimate of drug-likeness (QED) is 0.630. The molecule has 0 amide bonds. The van der Waals surface area contributed by atoms with Crippen LogP contribution in [0.2, 0.25) is 0 Å². The predicted molar refractivity (Wildman–Crippen MR) is 125 cm³/mol. The first-order valence-electron chi connectivity index (χ1n) is 11.1. The molecule has 6 rings (SSSR count). The van der Waals surface area contributed by atoms with E-state index in [1.807, 2.05) is 18.2 Å². The fourth-order valence-corrected chi connectivity index (χ4v) is 5.03. The summed E-state index contributed by atoms with van der Waals surface area (Å²) >= 11 is 5.63. The van der Waals surface area contributed by atoms with Gasteiger partial charge in [0.15, 0.2) is 28.1 Å². The number of hydrogen-bond acceptors (Lipinski definition) is 5. The molecule has 0 spiro atoms. The fraction of sp³-hybridized carbons (Fsp3) is 0.320. The first kappa shape index (κ1) is 19.5. The summed E-state index contributed by atoms with van der Waals surface area (Å²) in [6, 6.07) is 12.3. The number of rotatable bonds is 2. The second kappa shape index (κ2) is 8.06. The molecule has 2 N–H and O–H groups in total. The van der Waals surface area contributed by atoms with Crippen molar-refractivity contribution < 1.29 is 18.9 Å². The van der Waals surface area contributed by atoms with E-state index in [2.05, 4.69) is 34.9 Å². The van der Waals surface area contributed by atoms with E-state index in [0.29, 0.717) is 5.11 Å². The van der Waals surface area contributed by atoms with E-state index < -0.39 is 0 Å².